The summed E-state index contributed by atoms with van der Waals surface area (Å²) >= 11 is 0. The van der Waals surface area contributed by atoms with Crippen molar-refractivity contribution in [2.75, 3.05) is 7.05 Å². The zero-order valence-corrected chi connectivity index (χ0v) is 13.3. The van der Waals surface area contributed by atoms with Crippen LogP contribution in [0.5, 0.6) is 0 Å². The molecule has 0 saturated carbocycles. The molecule has 0 amide bonds. The van der Waals surface area contributed by atoms with Crippen molar-refractivity contribution in [2.24, 2.45) is 0 Å². The van der Waals surface area contributed by atoms with Crippen molar-refractivity contribution < 1.29 is 4.63 Å². The number of hydrogen-bond donors (Lipinski definition) is 0. The first kappa shape index (κ1) is 14.6. The van der Waals surface area contributed by atoms with Crippen molar-refractivity contribution in [1.82, 2.24) is 25.0 Å². The van der Waals surface area contributed by atoms with Crippen molar-refractivity contribution >= 4 is 11.0 Å². The van der Waals surface area contributed by atoms with Crippen LogP contribution in [-0.2, 0) is 13.1 Å². The lowest BCUT2D eigenvalue weighted by molar-refractivity contribution is 0.310. The topological polar surface area (TPSA) is 60.0 Å². The Balaban J connectivity index is 1.46. The summed E-state index contributed by atoms with van der Waals surface area (Å²) in [6.45, 7) is 1.63. The van der Waals surface area contributed by atoms with Gasteiger partial charge < -0.3 is 0 Å². The van der Waals surface area contributed by atoms with Crippen LogP contribution >= 0.6 is 0 Å². The molecule has 0 N–H and O–H groups in total. The minimum absolute atomic E-state index is 0.784. The molecule has 0 atom stereocenters. The van der Waals surface area contributed by atoms with E-state index in [1.54, 1.807) is 6.20 Å². The van der Waals surface area contributed by atoms with Crippen LogP contribution in [0.3, 0.4) is 0 Å². The van der Waals surface area contributed by atoms with Crippen LogP contribution in [0.25, 0.3) is 16.7 Å². The fourth-order valence-electron chi connectivity index (χ4n) is 2.82. The lowest BCUT2D eigenvalue weighted by Gasteiger charge is -2.17. The monoisotopic (exact) mass is 319 g/mol. The third-order valence-electron chi connectivity index (χ3n) is 3.97. The molecule has 0 fully saturated rings. The molecular formula is C18H17N5O. The molecule has 0 spiro atoms. The number of benzene rings is 2. The summed E-state index contributed by atoms with van der Waals surface area (Å²) in [5.74, 6) is 0. The second-order valence-electron chi connectivity index (χ2n) is 5.84. The van der Waals surface area contributed by atoms with Gasteiger partial charge in [-0.05, 0) is 52.8 Å². The van der Waals surface area contributed by atoms with E-state index in [-0.39, 0.29) is 0 Å². The summed E-state index contributed by atoms with van der Waals surface area (Å²) in [4.78, 5) is 2.24. The third-order valence-corrected chi connectivity index (χ3v) is 3.97. The normalized spacial score (nSPS) is 11.4. The van der Waals surface area contributed by atoms with Crippen molar-refractivity contribution in [1.29, 1.82) is 0 Å². The zero-order chi connectivity index (χ0) is 16.4. The third kappa shape index (κ3) is 2.91. The molecule has 4 aromatic rings. The number of hydrogen-bond acceptors (Lipinski definition) is 5. The first-order valence-electron chi connectivity index (χ1n) is 7.77. The molecule has 2 aromatic heterocycles. The molecule has 0 bridgehead atoms. The van der Waals surface area contributed by atoms with Gasteiger partial charge in [-0.25, -0.2) is 9.31 Å². The highest BCUT2D eigenvalue weighted by atomic mass is 16.6. The van der Waals surface area contributed by atoms with E-state index in [2.05, 4.69) is 57.7 Å². The van der Waals surface area contributed by atoms with Crippen LogP contribution < -0.4 is 0 Å². The summed E-state index contributed by atoms with van der Waals surface area (Å²) < 4.78 is 6.68. The van der Waals surface area contributed by atoms with E-state index >= 15 is 0 Å². The molecule has 2 heterocycles. The van der Waals surface area contributed by atoms with E-state index < -0.39 is 0 Å². The van der Waals surface area contributed by atoms with Gasteiger partial charge in [0.15, 0.2) is 0 Å². The summed E-state index contributed by atoms with van der Waals surface area (Å²) in [5, 5.41) is 12.1. The Labute approximate surface area is 139 Å². The molecule has 0 unspecified atom stereocenters. The Kier molecular flexibility index (Phi) is 3.80. The highest BCUT2D eigenvalue weighted by molar-refractivity contribution is 5.76. The van der Waals surface area contributed by atoms with E-state index in [1.807, 2.05) is 29.1 Å². The Morgan fingerprint density at radius 1 is 1.00 bits per heavy atom. The van der Waals surface area contributed by atoms with Gasteiger partial charge in [0.1, 0.15) is 11.0 Å². The lowest BCUT2D eigenvalue weighted by atomic mass is 10.1. The minimum atomic E-state index is 0.784. The Morgan fingerprint density at radius 2 is 1.88 bits per heavy atom. The Morgan fingerprint density at radius 3 is 2.67 bits per heavy atom. The maximum Gasteiger partial charge on any atom is 0.139 e. The maximum atomic E-state index is 4.83. The van der Waals surface area contributed by atoms with Gasteiger partial charge in [0.25, 0.3) is 0 Å². The van der Waals surface area contributed by atoms with Crippen molar-refractivity contribution in [3.63, 3.8) is 0 Å². The largest absolute Gasteiger partial charge is 0.298 e. The summed E-state index contributed by atoms with van der Waals surface area (Å²) in [6.07, 6.45) is 3.72. The quantitative estimate of drug-likeness (QED) is 0.566. The molecule has 120 valence electrons. The van der Waals surface area contributed by atoms with E-state index in [0.717, 1.165) is 35.4 Å². The first-order chi connectivity index (χ1) is 11.8. The second kappa shape index (κ2) is 6.25. The van der Waals surface area contributed by atoms with Crippen LogP contribution in [0.2, 0.25) is 0 Å². The SMILES string of the molecule is CN(Cc1ccc(-n2cccn2)cc1)Cc1cccc2nonc12. The Bertz CT molecular complexity index is 928. The van der Waals surface area contributed by atoms with E-state index in [1.165, 1.54) is 5.56 Å². The maximum absolute atomic E-state index is 4.83. The summed E-state index contributed by atoms with van der Waals surface area (Å²) in [5.41, 5.74) is 5.05. The molecule has 2 aromatic carbocycles. The predicted octanol–water partition coefficient (Wildman–Crippen LogP) is 3.04. The van der Waals surface area contributed by atoms with Gasteiger partial charge in [-0.15, -0.1) is 0 Å². The van der Waals surface area contributed by atoms with Crippen LogP contribution in [0.1, 0.15) is 11.1 Å². The van der Waals surface area contributed by atoms with Crippen LogP contribution in [0.15, 0.2) is 65.6 Å². The van der Waals surface area contributed by atoms with Crippen LogP contribution in [-0.4, -0.2) is 32.0 Å². The van der Waals surface area contributed by atoms with Gasteiger partial charge in [-0.2, -0.15) is 5.10 Å². The fraction of sp³-hybridized carbons (Fsp3) is 0.167. The van der Waals surface area contributed by atoms with Gasteiger partial charge in [0.2, 0.25) is 0 Å². The Hall–Kier alpha value is -2.99. The van der Waals surface area contributed by atoms with Gasteiger partial charge in [-0.1, -0.05) is 24.3 Å². The lowest BCUT2D eigenvalue weighted by Crippen LogP contribution is -2.17. The average molecular weight is 319 g/mol. The average Bonchev–Trinajstić information content (AvgIpc) is 3.27. The standard InChI is InChI=1S/C18H17N5O/c1-22(13-15-4-2-5-17-18(15)21-24-20-17)12-14-6-8-16(9-7-14)23-11-3-10-19-23/h2-11H,12-13H2,1H3. The van der Waals surface area contributed by atoms with Crippen LogP contribution in [0.4, 0.5) is 0 Å². The molecule has 0 aliphatic rings. The van der Waals surface area contributed by atoms with E-state index in [0.29, 0.717) is 0 Å². The smallest absolute Gasteiger partial charge is 0.139 e. The van der Waals surface area contributed by atoms with Gasteiger partial charge >= 0.3 is 0 Å². The molecule has 0 aliphatic carbocycles. The highest BCUT2D eigenvalue weighted by Gasteiger charge is 2.09. The molecule has 24 heavy (non-hydrogen) atoms. The zero-order valence-electron chi connectivity index (χ0n) is 13.3. The second-order valence-corrected chi connectivity index (χ2v) is 5.84. The minimum Gasteiger partial charge on any atom is -0.298 e. The predicted molar refractivity (Wildman–Crippen MR) is 90.5 cm³/mol. The van der Waals surface area contributed by atoms with E-state index in [9.17, 15) is 0 Å². The molecule has 6 heteroatoms. The van der Waals surface area contributed by atoms with Gasteiger partial charge in [-0.3, -0.25) is 4.90 Å². The van der Waals surface area contributed by atoms with Crippen LogP contribution in [0, 0.1) is 0 Å². The number of aromatic nitrogens is 4. The summed E-state index contributed by atoms with van der Waals surface area (Å²) in [6, 6.07) is 16.3. The molecule has 4 rings (SSSR count). The van der Waals surface area contributed by atoms with Gasteiger partial charge in [0.05, 0.1) is 5.69 Å². The van der Waals surface area contributed by atoms with Crippen molar-refractivity contribution in [3.8, 4) is 5.69 Å². The summed E-state index contributed by atoms with van der Waals surface area (Å²) in [7, 11) is 2.09. The molecule has 6 nitrogen and oxygen atoms in total. The fourth-order valence-corrected chi connectivity index (χ4v) is 2.82. The molecule has 0 radical (unpaired) electrons. The molecular weight excluding hydrogens is 302 g/mol. The van der Waals surface area contributed by atoms with Gasteiger partial charge in [0, 0.05) is 25.5 Å². The number of rotatable bonds is 5. The number of nitrogens with zero attached hydrogens (tertiary/aromatic N) is 5. The first-order valence-corrected chi connectivity index (χ1v) is 7.77. The highest BCUT2D eigenvalue weighted by Crippen LogP contribution is 2.17. The van der Waals surface area contributed by atoms with Crippen molar-refractivity contribution in [3.05, 3.63) is 72.1 Å². The van der Waals surface area contributed by atoms with E-state index in [4.69, 9.17) is 4.63 Å². The number of fused-ring (bicyclic) bond motifs is 1. The molecule has 0 saturated heterocycles. The molecule has 0 aliphatic heterocycles. The van der Waals surface area contributed by atoms with Crippen molar-refractivity contribution in [2.45, 2.75) is 13.1 Å².